The standard InChI is InChI=1S/C22H23N3O4/c1-16-6-3-4-8-19(16)22-18(7-5-9-20(22)25(28)29)10-11-21(27)24-14-12-23(13-15-24)17(2)26/h3-11H,12-15H2,1-2H3/b11-10+. The predicted molar refractivity (Wildman–Crippen MR) is 111 cm³/mol. The van der Waals surface area contributed by atoms with Gasteiger partial charge in [-0.1, -0.05) is 36.4 Å². The average molecular weight is 393 g/mol. The molecule has 1 saturated heterocycles. The molecule has 1 aliphatic rings. The molecule has 1 aliphatic heterocycles. The smallest absolute Gasteiger partial charge is 0.277 e. The molecule has 0 spiro atoms. The van der Waals surface area contributed by atoms with E-state index in [0.717, 1.165) is 11.1 Å². The molecular formula is C22H23N3O4. The molecular weight excluding hydrogens is 370 g/mol. The number of carbonyl (C=O) groups is 2. The van der Waals surface area contributed by atoms with E-state index in [1.54, 1.807) is 28.0 Å². The van der Waals surface area contributed by atoms with Crippen molar-refractivity contribution in [2.24, 2.45) is 0 Å². The zero-order chi connectivity index (χ0) is 21.0. The third-order valence-corrected chi connectivity index (χ3v) is 5.13. The van der Waals surface area contributed by atoms with Gasteiger partial charge in [0.05, 0.1) is 10.5 Å². The largest absolute Gasteiger partial charge is 0.339 e. The predicted octanol–water partition coefficient (Wildman–Crippen LogP) is 3.27. The zero-order valence-corrected chi connectivity index (χ0v) is 16.5. The molecule has 0 atom stereocenters. The van der Waals surface area contributed by atoms with Crippen molar-refractivity contribution in [3.05, 3.63) is 69.8 Å². The first-order valence-corrected chi connectivity index (χ1v) is 9.44. The van der Waals surface area contributed by atoms with E-state index >= 15 is 0 Å². The van der Waals surface area contributed by atoms with Crippen LogP contribution in [0, 0.1) is 17.0 Å². The Morgan fingerprint density at radius 2 is 1.66 bits per heavy atom. The Morgan fingerprint density at radius 3 is 2.28 bits per heavy atom. The Morgan fingerprint density at radius 1 is 1.00 bits per heavy atom. The van der Waals surface area contributed by atoms with Crippen LogP contribution >= 0.6 is 0 Å². The van der Waals surface area contributed by atoms with Crippen LogP contribution in [0.2, 0.25) is 0 Å². The van der Waals surface area contributed by atoms with Gasteiger partial charge in [0.1, 0.15) is 0 Å². The molecule has 150 valence electrons. The molecule has 1 heterocycles. The van der Waals surface area contributed by atoms with E-state index in [9.17, 15) is 19.7 Å². The first kappa shape index (κ1) is 20.3. The van der Waals surface area contributed by atoms with Gasteiger partial charge in [-0.25, -0.2) is 0 Å². The Bertz CT molecular complexity index is 976. The maximum absolute atomic E-state index is 12.6. The highest BCUT2D eigenvalue weighted by Crippen LogP contribution is 2.35. The molecule has 0 saturated carbocycles. The van der Waals surface area contributed by atoms with Crippen LogP contribution in [0.4, 0.5) is 5.69 Å². The van der Waals surface area contributed by atoms with Gasteiger partial charge in [-0.2, -0.15) is 0 Å². The molecule has 29 heavy (non-hydrogen) atoms. The quantitative estimate of drug-likeness (QED) is 0.453. The van der Waals surface area contributed by atoms with Crippen molar-refractivity contribution in [1.82, 2.24) is 9.80 Å². The van der Waals surface area contributed by atoms with E-state index in [-0.39, 0.29) is 17.5 Å². The summed E-state index contributed by atoms with van der Waals surface area (Å²) < 4.78 is 0. The number of piperazine rings is 1. The summed E-state index contributed by atoms with van der Waals surface area (Å²) in [7, 11) is 0. The van der Waals surface area contributed by atoms with Crippen LogP contribution in [0.5, 0.6) is 0 Å². The Hall–Kier alpha value is -3.48. The lowest BCUT2D eigenvalue weighted by molar-refractivity contribution is -0.384. The van der Waals surface area contributed by atoms with Crippen LogP contribution in [-0.4, -0.2) is 52.7 Å². The highest BCUT2D eigenvalue weighted by Gasteiger charge is 2.22. The van der Waals surface area contributed by atoms with Crippen molar-refractivity contribution in [1.29, 1.82) is 0 Å². The second-order valence-electron chi connectivity index (χ2n) is 6.98. The van der Waals surface area contributed by atoms with Gasteiger partial charge in [0.15, 0.2) is 0 Å². The molecule has 3 rings (SSSR count). The molecule has 2 amide bonds. The second kappa shape index (κ2) is 8.68. The lowest BCUT2D eigenvalue weighted by Crippen LogP contribution is -2.49. The molecule has 0 N–H and O–H groups in total. The number of benzene rings is 2. The maximum atomic E-state index is 12.6. The van der Waals surface area contributed by atoms with Crippen LogP contribution in [0.25, 0.3) is 17.2 Å². The van der Waals surface area contributed by atoms with Crippen molar-refractivity contribution >= 4 is 23.6 Å². The number of nitro groups is 1. The number of nitro benzene ring substituents is 1. The molecule has 0 unspecified atom stereocenters. The maximum Gasteiger partial charge on any atom is 0.277 e. The van der Waals surface area contributed by atoms with E-state index in [4.69, 9.17) is 0 Å². The molecule has 7 nitrogen and oxygen atoms in total. The third kappa shape index (κ3) is 4.51. The minimum Gasteiger partial charge on any atom is -0.339 e. The number of carbonyl (C=O) groups excluding carboxylic acids is 2. The van der Waals surface area contributed by atoms with E-state index in [0.29, 0.717) is 37.3 Å². The minimum atomic E-state index is -0.401. The van der Waals surface area contributed by atoms with Crippen molar-refractivity contribution in [2.75, 3.05) is 26.2 Å². The number of rotatable bonds is 4. The van der Waals surface area contributed by atoms with Gasteiger partial charge in [0.25, 0.3) is 5.69 Å². The summed E-state index contributed by atoms with van der Waals surface area (Å²) in [6, 6.07) is 12.3. The fourth-order valence-electron chi connectivity index (χ4n) is 3.50. The molecule has 0 aliphatic carbocycles. The van der Waals surface area contributed by atoms with Gasteiger partial charge in [0.2, 0.25) is 11.8 Å². The van der Waals surface area contributed by atoms with Gasteiger partial charge in [-0.3, -0.25) is 19.7 Å². The third-order valence-electron chi connectivity index (χ3n) is 5.13. The summed E-state index contributed by atoms with van der Waals surface area (Å²) in [5, 5.41) is 11.6. The van der Waals surface area contributed by atoms with Crippen molar-refractivity contribution in [2.45, 2.75) is 13.8 Å². The Kier molecular flexibility index (Phi) is 6.07. The number of hydrogen-bond donors (Lipinski definition) is 0. The molecule has 0 radical (unpaired) electrons. The molecule has 0 bridgehead atoms. The molecule has 7 heteroatoms. The summed E-state index contributed by atoms with van der Waals surface area (Å²) in [4.78, 5) is 38.6. The first-order chi connectivity index (χ1) is 13.9. The van der Waals surface area contributed by atoms with Crippen LogP contribution in [0.15, 0.2) is 48.5 Å². The van der Waals surface area contributed by atoms with E-state index in [1.165, 1.54) is 19.1 Å². The van der Waals surface area contributed by atoms with Crippen LogP contribution in [0.1, 0.15) is 18.1 Å². The van der Waals surface area contributed by atoms with Crippen LogP contribution in [0.3, 0.4) is 0 Å². The second-order valence-corrected chi connectivity index (χ2v) is 6.98. The average Bonchev–Trinajstić information content (AvgIpc) is 2.72. The van der Waals surface area contributed by atoms with Crippen LogP contribution in [-0.2, 0) is 9.59 Å². The molecule has 0 aromatic heterocycles. The van der Waals surface area contributed by atoms with Gasteiger partial charge in [-0.05, 0) is 29.7 Å². The number of hydrogen-bond acceptors (Lipinski definition) is 4. The van der Waals surface area contributed by atoms with Gasteiger partial charge in [-0.15, -0.1) is 0 Å². The summed E-state index contributed by atoms with van der Waals surface area (Å²) in [5.41, 5.74) is 2.80. The fourth-order valence-corrected chi connectivity index (χ4v) is 3.50. The molecule has 1 fully saturated rings. The van der Waals surface area contributed by atoms with Gasteiger partial charge in [0, 0.05) is 45.2 Å². The molecule has 2 aromatic carbocycles. The van der Waals surface area contributed by atoms with E-state index in [2.05, 4.69) is 0 Å². The minimum absolute atomic E-state index is 0.00368. The highest BCUT2D eigenvalue weighted by molar-refractivity contribution is 5.94. The lowest BCUT2D eigenvalue weighted by atomic mass is 9.94. The summed E-state index contributed by atoms with van der Waals surface area (Å²) in [5.74, 6) is -0.164. The number of nitrogens with zero attached hydrogens (tertiary/aromatic N) is 3. The van der Waals surface area contributed by atoms with Crippen molar-refractivity contribution < 1.29 is 14.5 Å². The fraction of sp³-hybridized carbons (Fsp3) is 0.273. The van der Waals surface area contributed by atoms with Crippen molar-refractivity contribution in [3.8, 4) is 11.1 Å². The molecule has 2 aromatic rings. The van der Waals surface area contributed by atoms with Crippen LogP contribution < -0.4 is 0 Å². The SMILES string of the molecule is CC(=O)N1CCN(C(=O)/C=C/c2cccc([N+](=O)[O-])c2-c2ccccc2C)CC1. The Labute approximate surface area is 169 Å². The summed E-state index contributed by atoms with van der Waals surface area (Å²) in [6.07, 6.45) is 3.08. The summed E-state index contributed by atoms with van der Waals surface area (Å²) >= 11 is 0. The highest BCUT2D eigenvalue weighted by atomic mass is 16.6. The lowest BCUT2D eigenvalue weighted by Gasteiger charge is -2.33. The first-order valence-electron chi connectivity index (χ1n) is 9.44. The Balaban J connectivity index is 1.89. The zero-order valence-electron chi connectivity index (χ0n) is 16.5. The van der Waals surface area contributed by atoms with Gasteiger partial charge < -0.3 is 9.80 Å². The van der Waals surface area contributed by atoms with E-state index in [1.807, 2.05) is 31.2 Å². The van der Waals surface area contributed by atoms with Gasteiger partial charge >= 0.3 is 0 Å². The van der Waals surface area contributed by atoms with E-state index < -0.39 is 4.92 Å². The number of amides is 2. The van der Waals surface area contributed by atoms with Crippen molar-refractivity contribution in [3.63, 3.8) is 0 Å². The summed E-state index contributed by atoms with van der Waals surface area (Å²) in [6.45, 7) is 5.40. The number of aryl methyl sites for hydroxylation is 1. The monoisotopic (exact) mass is 393 g/mol. The normalized spacial score (nSPS) is 14.3. The topological polar surface area (TPSA) is 83.8 Å².